The fourth-order valence-electron chi connectivity index (χ4n) is 1.67. The minimum absolute atomic E-state index is 0.450. The van der Waals surface area contributed by atoms with Gasteiger partial charge in [-0.3, -0.25) is 0 Å². The van der Waals surface area contributed by atoms with E-state index in [0.29, 0.717) is 29.2 Å². The molecule has 17 heavy (non-hydrogen) atoms. The van der Waals surface area contributed by atoms with Crippen LogP contribution in [-0.4, -0.2) is 26.4 Å². The van der Waals surface area contributed by atoms with E-state index in [9.17, 15) is 5.11 Å². The van der Waals surface area contributed by atoms with Crippen molar-refractivity contribution in [1.29, 1.82) is 0 Å². The molecule has 0 aliphatic rings. The molecule has 1 N–H and O–H groups in total. The van der Waals surface area contributed by atoms with E-state index in [4.69, 9.17) is 14.2 Å². The Labute approximate surface area is 101 Å². The number of rotatable bonds is 6. The maximum atomic E-state index is 9.97. The van der Waals surface area contributed by atoms with E-state index in [2.05, 4.69) is 6.58 Å². The van der Waals surface area contributed by atoms with Crippen LogP contribution in [0.5, 0.6) is 17.2 Å². The van der Waals surface area contributed by atoms with Crippen molar-refractivity contribution in [1.82, 2.24) is 0 Å². The summed E-state index contributed by atoms with van der Waals surface area (Å²) in [5.74, 6) is 1.54. The molecular weight excluding hydrogens is 220 g/mol. The van der Waals surface area contributed by atoms with Gasteiger partial charge >= 0.3 is 0 Å². The van der Waals surface area contributed by atoms with Gasteiger partial charge in [0.15, 0.2) is 11.5 Å². The standard InChI is InChI=1S/C13H18O4/c1-5-6-10(14)9-7-8-11(15-2)13(17-4)12(9)16-3/h5,7-8,10,14H,1,6H2,2-4H3. The zero-order valence-corrected chi connectivity index (χ0v) is 10.4. The van der Waals surface area contributed by atoms with E-state index in [-0.39, 0.29) is 0 Å². The summed E-state index contributed by atoms with van der Waals surface area (Å²) < 4.78 is 15.7. The van der Waals surface area contributed by atoms with Crippen molar-refractivity contribution < 1.29 is 19.3 Å². The summed E-state index contributed by atoms with van der Waals surface area (Å²) in [6, 6.07) is 3.50. The predicted octanol–water partition coefficient (Wildman–Crippen LogP) is 2.32. The van der Waals surface area contributed by atoms with Crippen molar-refractivity contribution in [3.8, 4) is 17.2 Å². The van der Waals surface area contributed by atoms with E-state index in [1.807, 2.05) is 0 Å². The first-order valence-corrected chi connectivity index (χ1v) is 5.27. The Bertz CT molecular complexity index is 387. The smallest absolute Gasteiger partial charge is 0.203 e. The molecule has 0 aromatic heterocycles. The van der Waals surface area contributed by atoms with Crippen LogP contribution in [0.25, 0.3) is 0 Å². The zero-order chi connectivity index (χ0) is 12.8. The third kappa shape index (κ3) is 2.71. The summed E-state index contributed by atoms with van der Waals surface area (Å²) >= 11 is 0. The molecule has 0 heterocycles. The second-order valence-corrected chi connectivity index (χ2v) is 3.46. The molecule has 0 bridgehead atoms. The lowest BCUT2D eigenvalue weighted by Crippen LogP contribution is -2.03. The van der Waals surface area contributed by atoms with Crippen molar-refractivity contribution in [2.75, 3.05) is 21.3 Å². The number of methoxy groups -OCH3 is 3. The summed E-state index contributed by atoms with van der Waals surface area (Å²) in [6.07, 6.45) is 1.44. The van der Waals surface area contributed by atoms with Gasteiger partial charge in [0.1, 0.15) is 0 Å². The Morgan fingerprint density at radius 3 is 2.29 bits per heavy atom. The van der Waals surface area contributed by atoms with Crippen LogP contribution in [0.15, 0.2) is 24.8 Å². The second-order valence-electron chi connectivity index (χ2n) is 3.46. The molecule has 1 rings (SSSR count). The molecule has 94 valence electrons. The number of benzene rings is 1. The van der Waals surface area contributed by atoms with Gasteiger partial charge in [0.25, 0.3) is 0 Å². The van der Waals surface area contributed by atoms with Crippen molar-refractivity contribution in [2.24, 2.45) is 0 Å². The Balaban J connectivity index is 3.27. The van der Waals surface area contributed by atoms with E-state index < -0.39 is 6.10 Å². The molecule has 0 spiro atoms. The quantitative estimate of drug-likeness (QED) is 0.773. The first-order valence-electron chi connectivity index (χ1n) is 5.27. The first-order chi connectivity index (χ1) is 8.19. The fraction of sp³-hybridized carbons (Fsp3) is 0.385. The molecule has 1 atom stereocenters. The Morgan fingerprint density at radius 2 is 1.82 bits per heavy atom. The largest absolute Gasteiger partial charge is 0.493 e. The minimum atomic E-state index is -0.665. The number of aliphatic hydroxyl groups excluding tert-OH is 1. The highest BCUT2D eigenvalue weighted by molar-refractivity contribution is 5.56. The average molecular weight is 238 g/mol. The molecular formula is C13H18O4. The maximum absolute atomic E-state index is 9.97. The highest BCUT2D eigenvalue weighted by Crippen LogP contribution is 2.42. The molecule has 0 fully saturated rings. The van der Waals surface area contributed by atoms with Gasteiger partial charge < -0.3 is 19.3 Å². The third-order valence-corrected chi connectivity index (χ3v) is 2.48. The van der Waals surface area contributed by atoms with Gasteiger partial charge in [-0.1, -0.05) is 6.08 Å². The monoisotopic (exact) mass is 238 g/mol. The van der Waals surface area contributed by atoms with Gasteiger partial charge in [-0.05, 0) is 18.6 Å². The van der Waals surface area contributed by atoms with Crippen LogP contribution >= 0.6 is 0 Å². The molecule has 4 heteroatoms. The topological polar surface area (TPSA) is 47.9 Å². The molecule has 4 nitrogen and oxygen atoms in total. The van der Waals surface area contributed by atoms with Crippen molar-refractivity contribution in [2.45, 2.75) is 12.5 Å². The molecule has 0 radical (unpaired) electrons. The van der Waals surface area contributed by atoms with Crippen LogP contribution in [-0.2, 0) is 0 Å². The lowest BCUT2D eigenvalue weighted by Gasteiger charge is -2.18. The van der Waals surface area contributed by atoms with Crippen molar-refractivity contribution in [3.63, 3.8) is 0 Å². The fourth-order valence-corrected chi connectivity index (χ4v) is 1.67. The first kappa shape index (κ1) is 13.4. The van der Waals surface area contributed by atoms with Crippen LogP contribution in [0.4, 0.5) is 0 Å². The Morgan fingerprint density at radius 1 is 1.18 bits per heavy atom. The third-order valence-electron chi connectivity index (χ3n) is 2.48. The van der Waals surface area contributed by atoms with Crippen LogP contribution in [0.3, 0.4) is 0 Å². The molecule has 0 amide bonds. The van der Waals surface area contributed by atoms with E-state index in [0.717, 1.165) is 0 Å². The van der Waals surface area contributed by atoms with Gasteiger partial charge in [0.2, 0.25) is 5.75 Å². The van der Waals surface area contributed by atoms with Gasteiger partial charge in [-0.15, -0.1) is 6.58 Å². The SMILES string of the molecule is C=CCC(O)c1ccc(OC)c(OC)c1OC. The molecule has 0 saturated heterocycles. The van der Waals surface area contributed by atoms with Gasteiger partial charge in [-0.25, -0.2) is 0 Å². The molecule has 0 saturated carbocycles. The van der Waals surface area contributed by atoms with Gasteiger partial charge in [-0.2, -0.15) is 0 Å². The normalized spacial score (nSPS) is 11.8. The van der Waals surface area contributed by atoms with Crippen LogP contribution < -0.4 is 14.2 Å². The minimum Gasteiger partial charge on any atom is -0.493 e. The highest BCUT2D eigenvalue weighted by Gasteiger charge is 2.19. The van der Waals surface area contributed by atoms with E-state index >= 15 is 0 Å². The Hall–Kier alpha value is -1.68. The van der Waals surface area contributed by atoms with Crippen LogP contribution in [0.2, 0.25) is 0 Å². The van der Waals surface area contributed by atoms with E-state index in [1.165, 1.54) is 14.2 Å². The molecule has 0 aliphatic carbocycles. The molecule has 1 aromatic carbocycles. The highest BCUT2D eigenvalue weighted by atomic mass is 16.5. The summed E-state index contributed by atoms with van der Waals surface area (Å²) in [4.78, 5) is 0. The van der Waals surface area contributed by atoms with Gasteiger partial charge in [0, 0.05) is 5.56 Å². The van der Waals surface area contributed by atoms with E-state index in [1.54, 1.807) is 25.3 Å². The maximum Gasteiger partial charge on any atom is 0.203 e. The number of hydrogen-bond acceptors (Lipinski definition) is 4. The zero-order valence-electron chi connectivity index (χ0n) is 10.4. The summed E-state index contributed by atoms with van der Waals surface area (Å²) in [6.45, 7) is 3.60. The summed E-state index contributed by atoms with van der Waals surface area (Å²) in [5, 5.41) is 9.97. The van der Waals surface area contributed by atoms with Gasteiger partial charge in [0.05, 0.1) is 27.4 Å². The average Bonchev–Trinajstić information content (AvgIpc) is 2.36. The number of hydrogen-bond donors (Lipinski definition) is 1. The summed E-state index contributed by atoms with van der Waals surface area (Å²) in [7, 11) is 4.61. The van der Waals surface area contributed by atoms with Crippen LogP contribution in [0, 0.1) is 0 Å². The molecule has 1 aromatic rings. The predicted molar refractivity (Wildman–Crippen MR) is 65.9 cm³/mol. The molecule has 0 aliphatic heterocycles. The number of ether oxygens (including phenoxy) is 3. The van der Waals surface area contributed by atoms with Crippen LogP contribution in [0.1, 0.15) is 18.1 Å². The van der Waals surface area contributed by atoms with Crippen molar-refractivity contribution >= 4 is 0 Å². The summed E-state index contributed by atoms with van der Waals surface area (Å²) in [5.41, 5.74) is 0.657. The molecule has 1 unspecified atom stereocenters. The Kier molecular flexibility index (Phi) is 4.84. The second kappa shape index (κ2) is 6.15. The van der Waals surface area contributed by atoms with Crippen molar-refractivity contribution in [3.05, 3.63) is 30.4 Å². The lowest BCUT2D eigenvalue weighted by molar-refractivity contribution is 0.175. The number of aliphatic hydroxyl groups is 1. The lowest BCUT2D eigenvalue weighted by atomic mass is 10.0.